The average Bonchev–Trinajstić information content (AvgIpc) is 3.34. The molecule has 8 rings (SSSR count). The Kier molecular flexibility index (Phi) is 17.4. The van der Waals surface area contributed by atoms with Gasteiger partial charge in [0.2, 0.25) is 0 Å². The van der Waals surface area contributed by atoms with Gasteiger partial charge in [-0.05, 0) is 147 Å². The number of nitrogens with zero attached hydrogens (tertiary/aromatic N) is 4. The van der Waals surface area contributed by atoms with Gasteiger partial charge in [0.15, 0.2) is 0 Å². The molecule has 0 unspecified atom stereocenters. The van der Waals surface area contributed by atoms with Crippen molar-refractivity contribution in [3.63, 3.8) is 0 Å². The Labute approximate surface area is 463 Å². The summed E-state index contributed by atoms with van der Waals surface area (Å²) in [7, 11) is 0. The summed E-state index contributed by atoms with van der Waals surface area (Å²) in [6.07, 6.45) is 0. The number of rotatable bonds is 12. The van der Waals surface area contributed by atoms with E-state index < -0.39 is 19.7 Å². The molecule has 0 aliphatic carbocycles. The van der Waals surface area contributed by atoms with E-state index in [9.17, 15) is 40.5 Å². The highest BCUT2D eigenvalue weighted by Gasteiger charge is 2.23. The summed E-state index contributed by atoms with van der Waals surface area (Å²) in [6.45, 7) is 11.8. The molecule has 74 heavy (non-hydrogen) atoms. The third-order valence-corrected chi connectivity index (χ3v) is 16.7. The predicted octanol–water partition coefficient (Wildman–Crippen LogP) is 19.7. The fraction of sp³-hybridized carbons (Fsp3) is 0.111. The molecule has 0 aliphatic rings. The predicted molar refractivity (Wildman–Crippen MR) is 301 cm³/mol. The molecule has 0 spiro atoms. The number of hydrogen-bond donors (Lipinski definition) is 0. The molecule has 0 saturated heterocycles. The standard InChI is InChI=1S/C28H22Cl2N2O4S.C26H16Cl4N2O4S/c1-15-5-11-25(17(3)27(15)21-9-7-19(31(33)34)13-23(21)29)37-26-12-6-16(2)28(18(26)4)22-10-8-20(32(35)36)14-24(22)30;1-13-23(9-7-19(27)25(13)17-5-3-15(31(33)34)11-21(17)29)37-24-10-8-20(28)26(14(24)2)18-6-4-16(32(35)36)12-22(18)30/h5-14H,1-4H3;3-12H,1-2H3. The molecule has 0 bridgehead atoms. The van der Waals surface area contributed by atoms with Gasteiger partial charge < -0.3 is 0 Å². The zero-order valence-electron chi connectivity index (χ0n) is 39.7. The van der Waals surface area contributed by atoms with Crippen molar-refractivity contribution in [1.29, 1.82) is 0 Å². The Hall–Kier alpha value is -6.20. The van der Waals surface area contributed by atoms with Gasteiger partial charge in [0.05, 0.1) is 39.8 Å². The van der Waals surface area contributed by atoms with Crippen LogP contribution in [0.1, 0.15) is 33.4 Å². The van der Waals surface area contributed by atoms with Crippen molar-refractivity contribution in [2.24, 2.45) is 0 Å². The lowest BCUT2D eigenvalue weighted by molar-refractivity contribution is -0.385. The van der Waals surface area contributed by atoms with Gasteiger partial charge in [0.25, 0.3) is 22.7 Å². The number of hydrogen-bond acceptors (Lipinski definition) is 10. The van der Waals surface area contributed by atoms with E-state index in [1.165, 1.54) is 60.3 Å². The van der Waals surface area contributed by atoms with E-state index >= 15 is 0 Å². The Morgan fingerprint density at radius 2 is 0.541 bits per heavy atom. The number of aryl methyl sites for hydroxylation is 2. The third kappa shape index (κ3) is 11.7. The first-order chi connectivity index (χ1) is 35.0. The van der Waals surface area contributed by atoms with Crippen LogP contribution in [0.3, 0.4) is 0 Å². The van der Waals surface area contributed by atoms with Crippen LogP contribution in [0.4, 0.5) is 22.7 Å². The summed E-state index contributed by atoms with van der Waals surface area (Å²) >= 11 is 41.9. The Morgan fingerprint density at radius 3 is 0.784 bits per heavy atom. The first kappa shape index (κ1) is 55.5. The van der Waals surface area contributed by atoms with E-state index in [2.05, 4.69) is 12.1 Å². The quantitative estimate of drug-likeness (QED) is 0.0846. The van der Waals surface area contributed by atoms with Crippen LogP contribution < -0.4 is 0 Å². The molecule has 8 aromatic rings. The van der Waals surface area contributed by atoms with Gasteiger partial charge in [0.1, 0.15) is 0 Å². The van der Waals surface area contributed by atoms with Crippen LogP contribution in [0.2, 0.25) is 30.1 Å². The summed E-state index contributed by atoms with van der Waals surface area (Å²) < 4.78 is 0. The highest BCUT2D eigenvalue weighted by molar-refractivity contribution is 7.99. The Morgan fingerprint density at radius 1 is 0.311 bits per heavy atom. The number of non-ortho nitro benzene ring substituents is 4. The smallest absolute Gasteiger partial charge is 0.258 e. The van der Waals surface area contributed by atoms with Crippen molar-refractivity contribution in [2.75, 3.05) is 0 Å². The first-order valence-electron chi connectivity index (χ1n) is 21.9. The zero-order valence-corrected chi connectivity index (χ0v) is 45.9. The fourth-order valence-electron chi connectivity index (χ4n) is 8.43. The molecule has 0 heterocycles. The van der Waals surface area contributed by atoms with Crippen molar-refractivity contribution < 1.29 is 19.7 Å². The van der Waals surface area contributed by atoms with Crippen LogP contribution in [-0.2, 0) is 0 Å². The van der Waals surface area contributed by atoms with Gasteiger partial charge in [-0.15, -0.1) is 0 Å². The maximum atomic E-state index is 11.2. The lowest BCUT2D eigenvalue weighted by Crippen LogP contribution is -1.96. The molecular formula is C54H38Cl6N4O8S2. The van der Waals surface area contributed by atoms with Gasteiger partial charge >= 0.3 is 0 Å². The van der Waals surface area contributed by atoms with E-state index in [0.29, 0.717) is 42.3 Å². The van der Waals surface area contributed by atoms with Gasteiger partial charge in [-0.25, -0.2) is 0 Å². The van der Waals surface area contributed by atoms with Crippen LogP contribution in [-0.4, -0.2) is 19.7 Å². The molecule has 20 heteroatoms. The van der Waals surface area contributed by atoms with Crippen molar-refractivity contribution in [3.8, 4) is 44.5 Å². The third-order valence-electron chi connectivity index (χ3n) is 12.1. The molecule has 0 atom stereocenters. The van der Waals surface area contributed by atoms with Gasteiger partial charge in [-0.3, -0.25) is 40.5 Å². The van der Waals surface area contributed by atoms with Crippen LogP contribution >= 0.6 is 93.1 Å². The van der Waals surface area contributed by atoms with E-state index in [1.54, 1.807) is 48.2 Å². The lowest BCUT2D eigenvalue weighted by Gasteiger charge is -2.18. The maximum Gasteiger partial charge on any atom is 0.270 e. The van der Waals surface area contributed by atoms with Crippen LogP contribution in [0.25, 0.3) is 44.5 Å². The second-order valence-electron chi connectivity index (χ2n) is 16.7. The van der Waals surface area contributed by atoms with E-state index in [4.69, 9.17) is 69.6 Å². The minimum absolute atomic E-state index is 0.0534. The number of benzene rings is 8. The van der Waals surface area contributed by atoms with Crippen molar-refractivity contribution in [1.82, 2.24) is 0 Å². The summed E-state index contributed by atoms with van der Waals surface area (Å²) in [6, 6.07) is 33.0. The highest BCUT2D eigenvalue weighted by Crippen LogP contribution is 2.48. The molecular weight excluding hydrogens is 1110 g/mol. The topological polar surface area (TPSA) is 173 Å². The van der Waals surface area contributed by atoms with Crippen molar-refractivity contribution >= 4 is 116 Å². The minimum Gasteiger partial charge on any atom is -0.258 e. The molecule has 8 aromatic carbocycles. The van der Waals surface area contributed by atoms with E-state index in [-0.39, 0.29) is 32.8 Å². The van der Waals surface area contributed by atoms with Gasteiger partial charge in [-0.2, -0.15) is 0 Å². The highest BCUT2D eigenvalue weighted by atomic mass is 35.5. The first-order valence-corrected chi connectivity index (χ1v) is 25.8. The zero-order chi connectivity index (χ0) is 54.0. The van der Waals surface area contributed by atoms with Crippen LogP contribution in [0, 0.1) is 82.0 Å². The minimum atomic E-state index is -0.505. The van der Waals surface area contributed by atoms with Gasteiger partial charge in [-0.1, -0.05) is 105 Å². The summed E-state index contributed by atoms with van der Waals surface area (Å²) in [5.74, 6) is 0. The second-order valence-corrected chi connectivity index (χ2v) is 21.4. The lowest BCUT2D eigenvalue weighted by atomic mass is 9.95. The number of nitro groups is 4. The Balaban J connectivity index is 0.000000216. The molecule has 0 saturated carbocycles. The normalized spacial score (nSPS) is 11.0. The molecule has 0 aliphatic heterocycles. The maximum absolute atomic E-state index is 11.2. The van der Waals surface area contributed by atoms with Crippen molar-refractivity contribution in [3.05, 3.63) is 225 Å². The summed E-state index contributed by atoms with van der Waals surface area (Å²) in [4.78, 5) is 46.4. The van der Waals surface area contributed by atoms with Crippen LogP contribution in [0.15, 0.2) is 141 Å². The van der Waals surface area contributed by atoms with Gasteiger partial charge in [0, 0.05) is 112 Å². The second kappa shape index (κ2) is 23.1. The molecule has 0 amide bonds. The summed E-state index contributed by atoms with van der Waals surface area (Å²) in [5.41, 5.74) is 11.3. The van der Waals surface area contributed by atoms with E-state index in [0.717, 1.165) is 75.2 Å². The molecule has 0 fully saturated rings. The molecule has 0 N–H and O–H groups in total. The molecule has 0 aromatic heterocycles. The van der Waals surface area contributed by atoms with Crippen LogP contribution in [0.5, 0.6) is 0 Å². The number of halogens is 6. The monoisotopic (exact) mass is 1140 g/mol. The number of nitro benzene ring substituents is 4. The van der Waals surface area contributed by atoms with Crippen molar-refractivity contribution in [2.45, 2.75) is 61.1 Å². The van der Waals surface area contributed by atoms with E-state index in [1.807, 2.05) is 65.8 Å². The summed E-state index contributed by atoms with van der Waals surface area (Å²) in [5, 5.41) is 46.5. The SMILES string of the molecule is Cc1c(Sc2ccc(Cl)c(-c3ccc([N+](=O)[O-])cc3Cl)c2C)ccc(Cl)c1-c1ccc([N+](=O)[O-])cc1Cl.Cc1ccc(Sc2ccc(C)c(-c3ccc([N+](=O)[O-])cc3Cl)c2C)c(C)c1-c1ccc([N+](=O)[O-])cc1Cl. The molecule has 12 nitrogen and oxygen atoms in total. The largest absolute Gasteiger partial charge is 0.270 e. The average molecular weight is 1150 g/mol. The fourth-order valence-corrected chi connectivity index (χ4v) is 12.2. The molecule has 0 radical (unpaired) electrons. The Bertz CT molecular complexity index is 3180. The molecule has 376 valence electrons.